The number of carbonyl (C=O) groups excluding carboxylic acids is 1. The van der Waals surface area contributed by atoms with Gasteiger partial charge in [-0.15, -0.1) is 0 Å². The zero-order chi connectivity index (χ0) is 11.5. The first-order valence-corrected chi connectivity index (χ1v) is 6.30. The van der Waals surface area contributed by atoms with Gasteiger partial charge in [-0.3, -0.25) is 4.79 Å². The standard InChI is InChI=1S/C12H21NO3/c14-7-9-5-10(6-11(9)15)13-12(16)8-3-1-2-4-8/h8-11,14-15H,1-7H2,(H,13,16)/t9-,10+,11+/m1/s1. The highest BCUT2D eigenvalue weighted by Gasteiger charge is 2.34. The fourth-order valence-corrected chi connectivity index (χ4v) is 2.92. The maximum Gasteiger partial charge on any atom is 0.223 e. The summed E-state index contributed by atoms with van der Waals surface area (Å²) in [7, 11) is 0. The topological polar surface area (TPSA) is 69.6 Å². The molecule has 2 rings (SSSR count). The fourth-order valence-electron chi connectivity index (χ4n) is 2.92. The summed E-state index contributed by atoms with van der Waals surface area (Å²) in [4.78, 5) is 11.8. The summed E-state index contributed by atoms with van der Waals surface area (Å²) in [5, 5.41) is 21.7. The van der Waals surface area contributed by atoms with Crippen LogP contribution in [0.2, 0.25) is 0 Å². The van der Waals surface area contributed by atoms with Crippen molar-refractivity contribution in [3.8, 4) is 0 Å². The van der Waals surface area contributed by atoms with Gasteiger partial charge < -0.3 is 15.5 Å². The van der Waals surface area contributed by atoms with E-state index in [-0.39, 0.29) is 30.4 Å². The van der Waals surface area contributed by atoms with Gasteiger partial charge >= 0.3 is 0 Å². The van der Waals surface area contributed by atoms with E-state index < -0.39 is 6.10 Å². The van der Waals surface area contributed by atoms with Gasteiger partial charge in [0.2, 0.25) is 5.91 Å². The van der Waals surface area contributed by atoms with Gasteiger partial charge in [-0.05, 0) is 25.7 Å². The minimum atomic E-state index is -0.459. The molecule has 0 aliphatic heterocycles. The summed E-state index contributed by atoms with van der Waals surface area (Å²) in [5.74, 6) is 0.271. The number of carbonyl (C=O) groups is 1. The third-order valence-corrected chi connectivity index (χ3v) is 3.96. The van der Waals surface area contributed by atoms with E-state index in [4.69, 9.17) is 5.11 Å². The molecule has 0 saturated heterocycles. The highest BCUT2D eigenvalue weighted by Crippen LogP contribution is 2.28. The average Bonchev–Trinajstić information content (AvgIpc) is 2.87. The Hall–Kier alpha value is -0.610. The lowest BCUT2D eigenvalue weighted by Gasteiger charge is -2.15. The van der Waals surface area contributed by atoms with Crippen LogP contribution in [0.4, 0.5) is 0 Å². The van der Waals surface area contributed by atoms with E-state index >= 15 is 0 Å². The molecule has 4 heteroatoms. The molecule has 0 unspecified atom stereocenters. The monoisotopic (exact) mass is 227 g/mol. The molecule has 2 fully saturated rings. The van der Waals surface area contributed by atoms with Crippen molar-refractivity contribution in [3.63, 3.8) is 0 Å². The zero-order valence-electron chi connectivity index (χ0n) is 9.56. The quantitative estimate of drug-likeness (QED) is 0.654. The second-order valence-electron chi connectivity index (χ2n) is 5.17. The van der Waals surface area contributed by atoms with Gasteiger partial charge in [0, 0.05) is 24.5 Å². The minimum Gasteiger partial charge on any atom is -0.396 e. The molecule has 0 heterocycles. The molecule has 2 aliphatic rings. The number of aliphatic hydroxyl groups is 2. The van der Waals surface area contributed by atoms with Gasteiger partial charge in [0.05, 0.1) is 6.10 Å². The van der Waals surface area contributed by atoms with Crippen LogP contribution in [0.25, 0.3) is 0 Å². The van der Waals surface area contributed by atoms with Crippen LogP contribution in [0.3, 0.4) is 0 Å². The van der Waals surface area contributed by atoms with E-state index in [9.17, 15) is 9.90 Å². The van der Waals surface area contributed by atoms with E-state index in [2.05, 4.69) is 5.32 Å². The molecule has 2 saturated carbocycles. The van der Waals surface area contributed by atoms with Crippen LogP contribution in [-0.4, -0.2) is 34.9 Å². The van der Waals surface area contributed by atoms with E-state index in [0.29, 0.717) is 12.8 Å². The molecule has 0 aromatic rings. The van der Waals surface area contributed by atoms with Crippen LogP contribution < -0.4 is 5.32 Å². The number of rotatable bonds is 3. The average molecular weight is 227 g/mol. The number of hydrogen-bond donors (Lipinski definition) is 3. The summed E-state index contributed by atoms with van der Waals surface area (Å²) < 4.78 is 0. The molecular weight excluding hydrogens is 206 g/mol. The Balaban J connectivity index is 1.79. The Kier molecular flexibility index (Phi) is 3.82. The molecule has 0 aromatic heterocycles. The van der Waals surface area contributed by atoms with Crippen LogP contribution in [-0.2, 0) is 4.79 Å². The largest absolute Gasteiger partial charge is 0.396 e. The molecular formula is C12H21NO3. The first kappa shape index (κ1) is 11.9. The van der Waals surface area contributed by atoms with E-state index in [0.717, 1.165) is 25.7 Å². The minimum absolute atomic E-state index is 0.0109. The van der Waals surface area contributed by atoms with Gasteiger partial charge in [-0.25, -0.2) is 0 Å². The Morgan fingerprint density at radius 1 is 1.25 bits per heavy atom. The third kappa shape index (κ3) is 2.55. The van der Waals surface area contributed by atoms with Crippen molar-refractivity contribution >= 4 is 5.91 Å². The summed E-state index contributed by atoms with van der Waals surface area (Å²) in [6.07, 6.45) is 5.16. The zero-order valence-corrected chi connectivity index (χ0v) is 9.56. The molecule has 2 aliphatic carbocycles. The number of hydrogen-bond acceptors (Lipinski definition) is 3. The number of nitrogens with one attached hydrogen (secondary N) is 1. The lowest BCUT2D eigenvalue weighted by molar-refractivity contribution is -0.125. The van der Waals surface area contributed by atoms with Crippen molar-refractivity contribution in [3.05, 3.63) is 0 Å². The number of amides is 1. The van der Waals surface area contributed by atoms with Gasteiger partial charge in [-0.1, -0.05) is 12.8 Å². The fraction of sp³-hybridized carbons (Fsp3) is 0.917. The van der Waals surface area contributed by atoms with Gasteiger partial charge in [0.15, 0.2) is 0 Å². The van der Waals surface area contributed by atoms with E-state index in [1.807, 2.05) is 0 Å². The Labute approximate surface area is 96.0 Å². The Morgan fingerprint density at radius 3 is 2.50 bits per heavy atom. The van der Waals surface area contributed by atoms with E-state index in [1.54, 1.807) is 0 Å². The molecule has 3 atom stereocenters. The van der Waals surface area contributed by atoms with Crippen molar-refractivity contribution in [1.29, 1.82) is 0 Å². The van der Waals surface area contributed by atoms with Crippen LogP contribution >= 0.6 is 0 Å². The van der Waals surface area contributed by atoms with Gasteiger partial charge in [0.1, 0.15) is 0 Å². The second-order valence-corrected chi connectivity index (χ2v) is 5.17. The normalized spacial score (nSPS) is 35.5. The highest BCUT2D eigenvalue weighted by molar-refractivity contribution is 5.79. The summed E-state index contributed by atoms with van der Waals surface area (Å²) >= 11 is 0. The van der Waals surface area contributed by atoms with Gasteiger partial charge in [-0.2, -0.15) is 0 Å². The lowest BCUT2D eigenvalue weighted by atomic mass is 10.1. The molecule has 4 nitrogen and oxygen atoms in total. The molecule has 16 heavy (non-hydrogen) atoms. The van der Waals surface area contributed by atoms with Crippen molar-refractivity contribution < 1.29 is 15.0 Å². The molecule has 1 amide bonds. The molecule has 92 valence electrons. The van der Waals surface area contributed by atoms with Crippen LogP contribution in [0.1, 0.15) is 38.5 Å². The molecule has 0 radical (unpaired) electrons. The molecule has 0 bridgehead atoms. The van der Waals surface area contributed by atoms with Crippen LogP contribution in [0, 0.1) is 11.8 Å². The highest BCUT2D eigenvalue weighted by atomic mass is 16.3. The lowest BCUT2D eigenvalue weighted by Crippen LogP contribution is -2.37. The van der Waals surface area contributed by atoms with Crippen molar-refractivity contribution in [2.24, 2.45) is 11.8 Å². The Bertz CT molecular complexity index is 251. The number of aliphatic hydroxyl groups excluding tert-OH is 2. The third-order valence-electron chi connectivity index (χ3n) is 3.96. The predicted octanol–water partition coefficient (Wildman–Crippen LogP) is 0.425. The van der Waals surface area contributed by atoms with Crippen molar-refractivity contribution in [2.45, 2.75) is 50.7 Å². The maximum absolute atomic E-state index is 11.8. The van der Waals surface area contributed by atoms with Crippen molar-refractivity contribution in [2.75, 3.05) is 6.61 Å². The Morgan fingerprint density at radius 2 is 1.94 bits per heavy atom. The maximum atomic E-state index is 11.8. The molecule has 0 aromatic carbocycles. The summed E-state index contributed by atoms with van der Waals surface area (Å²) in [5.41, 5.74) is 0. The SMILES string of the molecule is O=C(N[C@H]1C[C@H](CO)[C@@H](O)C1)C1CCCC1. The predicted molar refractivity (Wildman–Crippen MR) is 59.7 cm³/mol. The van der Waals surface area contributed by atoms with Gasteiger partial charge in [0.25, 0.3) is 0 Å². The summed E-state index contributed by atoms with van der Waals surface area (Å²) in [6, 6.07) is 0.0558. The second kappa shape index (κ2) is 5.15. The van der Waals surface area contributed by atoms with Crippen LogP contribution in [0.15, 0.2) is 0 Å². The molecule has 0 spiro atoms. The smallest absolute Gasteiger partial charge is 0.223 e. The van der Waals surface area contributed by atoms with Crippen molar-refractivity contribution in [1.82, 2.24) is 5.32 Å². The first-order valence-electron chi connectivity index (χ1n) is 6.30. The van der Waals surface area contributed by atoms with E-state index in [1.165, 1.54) is 0 Å². The molecule has 3 N–H and O–H groups in total. The van der Waals surface area contributed by atoms with Crippen LogP contribution in [0.5, 0.6) is 0 Å². The summed E-state index contributed by atoms with van der Waals surface area (Å²) in [6.45, 7) is 0.0109. The first-order chi connectivity index (χ1) is 7.70.